The number of aromatic nitrogens is 4. The normalized spacial score (nSPS) is 10.9. The van der Waals surface area contributed by atoms with E-state index in [1.165, 1.54) is 4.68 Å². The molecule has 0 saturated heterocycles. The van der Waals surface area contributed by atoms with Crippen LogP contribution in [0.2, 0.25) is 0 Å². The van der Waals surface area contributed by atoms with Crippen LogP contribution in [0.1, 0.15) is 22.8 Å². The van der Waals surface area contributed by atoms with Crippen molar-refractivity contribution >= 4 is 5.69 Å². The van der Waals surface area contributed by atoms with Crippen LogP contribution in [0.5, 0.6) is 0 Å². The molecule has 0 unspecified atom stereocenters. The number of hydrogen-bond donors (Lipinski definition) is 0. The second kappa shape index (κ2) is 5.64. The number of nitro groups is 1. The molecule has 0 aliphatic rings. The molecule has 0 bridgehead atoms. The SMILES string of the molecule is Cc1ccccc1-c1noc(Cn2nc(C)c([N+](=O)[O-])c2C)n1. The van der Waals surface area contributed by atoms with Crippen LogP contribution in [0.4, 0.5) is 5.69 Å². The summed E-state index contributed by atoms with van der Waals surface area (Å²) in [5.74, 6) is 0.845. The van der Waals surface area contributed by atoms with Crippen molar-refractivity contribution < 1.29 is 9.45 Å². The summed E-state index contributed by atoms with van der Waals surface area (Å²) in [5.41, 5.74) is 2.78. The van der Waals surface area contributed by atoms with E-state index in [0.717, 1.165) is 11.1 Å². The van der Waals surface area contributed by atoms with E-state index < -0.39 is 4.92 Å². The summed E-state index contributed by atoms with van der Waals surface area (Å²) in [6, 6.07) is 7.73. The van der Waals surface area contributed by atoms with Gasteiger partial charge in [0.05, 0.1) is 4.92 Å². The molecule has 0 saturated carbocycles. The van der Waals surface area contributed by atoms with Crippen LogP contribution in [0.15, 0.2) is 28.8 Å². The lowest BCUT2D eigenvalue weighted by atomic mass is 10.1. The molecule has 0 fully saturated rings. The van der Waals surface area contributed by atoms with Gasteiger partial charge in [-0.15, -0.1) is 0 Å². The minimum atomic E-state index is -0.430. The van der Waals surface area contributed by atoms with Gasteiger partial charge in [-0.1, -0.05) is 29.4 Å². The molecule has 2 aromatic heterocycles. The molecule has 0 N–H and O–H groups in total. The van der Waals surface area contributed by atoms with Crippen LogP contribution in [0.25, 0.3) is 11.4 Å². The van der Waals surface area contributed by atoms with Gasteiger partial charge in [-0.25, -0.2) is 0 Å². The summed E-state index contributed by atoms with van der Waals surface area (Å²) in [5, 5.41) is 19.2. The van der Waals surface area contributed by atoms with E-state index in [-0.39, 0.29) is 12.2 Å². The zero-order valence-corrected chi connectivity index (χ0v) is 13.0. The summed E-state index contributed by atoms with van der Waals surface area (Å²) in [6.07, 6.45) is 0. The molecule has 0 radical (unpaired) electrons. The molecule has 2 heterocycles. The minimum absolute atomic E-state index is 0.0173. The highest BCUT2D eigenvalue weighted by molar-refractivity contribution is 5.58. The molecule has 23 heavy (non-hydrogen) atoms. The Labute approximate surface area is 131 Å². The zero-order valence-electron chi connectivity index (χ0n) is 13.0. The Morgan fingerprint density at radius 3 is 2.65 bits per heavy atom. The number of benzene rings is 1. The maximum Gasteiger partial charge on any atom is 0.312 e. The van der Waals surface area contributed by atoms with Gasteiger partial charge >= 0.3 is 5.69 Å². The van der Waals surface area contributed by atoms with Crippen LogP contribution < -0.4 is 0 Å². The fraction of sp³-hybridized carbons (Fsp3) is 0.267. The number of nitrogens with zero attached hydrogens (tertiary/aromatic N) is 5. The van der Waals surface area contributed by atoms with Gasteiger partial charge in [-0.05, 0) is 26.3 Å². The van der Waals surface area contributed by atoms with Gasteiger partial charge in [0, 0.05) is 5.56 Å². The molecular formula is C15H15N5O3. The van der Waals surface area contributed by atoms with Crippen molar-refractivity contribution in [3.8, 4) is 11.4 Å². The van der Waals surface area contributed by atoms with Gasteiger partial charge in [0.15, 0.2) is 0 Å². The summed E-state index contributed by atoms with van der Waals surface area (Å²) < 4.78 is 6.75. The molecule has 0 amide bonds. The van der Waals surface area contributed by atoms with Crippen molar-refractivity contribution in [3.63, 3.8) is 0 Å². The molecule has 3 rings (SSSR count). The molecule has 8 nitrogen and oxygen atoms in total. The standard InChI is InChI=1S/C15H15N5O3/c1-9-6-4-5-7-12(9)15-16-13(23-18-15)8-19-11(3)14(20(21)22)10(2)17-19/h4-7H,8H2,1-3H3. The summed E-state index contributed by atoms with van der Waals surface area (Å²) in [4.78, 5) is 15.0. The second-order valence-corrected chi connectivity index (χ2v) is 5.26. The predicted molar refractivity (Wildman–Crippen MR) is 81.9 cm³/mol. The minimum Gasteiger partial charge on any atom is -0.337 e. The Morgan fingerprint density at radius 1 is 1.26 bits per heavy atom. The first-order chi connectivity index (χ1) is 11.0. The largest absolute Gasteiger partial charge is 0.337 e. The van der Waals surface area contributed by atoms with Gasteiger partial charge in [0.25, 0.3) is 0 Å². The third kappa shape index (κ3) is 2.70. The first-order valence-corrected chi connectivity index (χ1v) is 7.04. The number of hydrogen-bond acceptors (Lipinski definition) is 6. The van der Waals surface area contributed by atoms with Gasteiger partial charge in [-0.2, -0.15) is 10.1 Å². The Bertz CT molecular complexity index is 881. The van der Waals surface area contributed by atoms with Crippen molar-refractivity contribution in [2.45, 2.75) is 27.3 Å². The molecule has 1 aromatic carbocycles. The molecule has 0 atom stereocenters. The molecule has 0 spiro atoms. The quantitative estimate of drug-likeness (QED) is 0.542. The third-order valence-corrected chi connectivity index (χ3v) is 3.66. The van der Waals surface area contributed by atoms with Gasteiger partial charge in [0.2, 0.25) is 11.7 Å². The van der Waals surface area contributed by atoms with Crippen LogP contribution in [-0.2, 0) is 6.54 Å². The van der Waals surface area contributed by atoms with Crippen molar-refractivity contribution in [3.05, 3.63) is 57.2 Å². The maximum absolute atomic E-state index is 11.0. The lowest BCUT2D eigenvalue weighted by Crippen LogP contribution is -2.04. The Hall–Kier alpha value is -3.03. The average Bonchev–Trinajstić information content (AvgIpc) is 3.05. The fourth-order valence-corrected chi connectivity index (χ4v) is 2.49. The van der Waals surface area contributed by atoms with E-state index in [2.05, 4.69) is 15.2 Å². The number of rotatable bonds is 4. The molecule has 3 aromatic rings. The zero-order chi connectivity index (χ0) is 16.6. The highest BCUT2D eigenvalue weighted by Crippen LogP contribution is 2.23. The van der Waals surface area contributed by atoms with Crippen LogP contribution in [0.3, 0.4) is 0 Å². The van der Waals surface area contributed by atoms with Crippen LogP contribution >= 0.6 is 0 Å². The van der Waals surface area contributed by atoms with E-state index in [9.17, 15) is 10.1 Å². The van der Waals surface area contributed by atoms with Crippen LogP contribution in [0, 0.1) is 30.9 Å². The van der Waals surface area contributed by atoms with E-state index in [1.54, 1.807) is 13.8 Å². The predicted octanol–water partition coefficient (Wildman–Crippen LogP) is 2.81. The third-order valence-electron chi connectivity index (χ3n) is 3.66. The summed E-state index contributed by atoms with van der Waals surface area (Å²) in [6.45, 7) is 5.42. The van der Waals surface area contributed by atoms with Crippen molar-refractivity contribution in [2.24, 2.45) is 0 Å². The topological polar surface area (TPSA) is 99.9 Å². The average molecular weight is 313 g/mol. The molecular weight excluding hydrogens is 298 g/mol. The second-order valence-electron chi connectivity index (χ2n) is 5.26. The highest BCUT2D eigenvalue weighted by Gasteiger charge is 2.23. The summed E-state index contributed by atoms with van der Waals surface area (Å²) >= 11 is 0. The maximum atomic E-state index is 11.0. The van der Waals surface area contributed by atoms with Crippen molar-refractivity contribution in [2.75, 3.05) is 0 Å². The molecule has 118 valence electrons. The monoisotopic (exact) mass is 313 g/mol. The first-order valence-electron chi connectivity index (χ1n) is 7.04. The highest BCUT2D eigenvalue weighted by atomic mass is 16.6. The lowest BCUT2D eigenvalue weighted by molar-refractivity contribution is -0.386. The van der Waals surface area contributed by atoms with Gasteiger partial charge < -0.3 is 4.52 Å². The smallest absolute Gasteiger partial charge is 0.312 e. The van der Waals surface area contributed by atoms with Crippen molar-refractivity contribution in [1.82, 2.24) is 19.9 Å². The van der Waals surface area contributed by atoms with E-state index in [1.807, 2.05) is 31.2 Å². The fourth-order valence-electron chi connectivity index (χ4n) is 2.49. The molecule has 0 aliphatic carbocycles. The molecule has 8 heteroatoms. The van der Waals surface area contributed by atoms with Crippen LogP contribution in [-0.4, -0.2) is 24.8 Å². The van der Waals surface area contributed by atoms with E-state index >= 15 is 0 Å². The van der Waals surface area contributed by atoms with E-state index in [0.29, 0.717) is 23.1 Å². The Balaban J connectivity index is 1.90. The number of aryl methyl sites for hydroxylation is 2. The Kier molecular flexibility index (Phi) is 3.65. The lowest BCUT2D eigenvalue weighted by Gasteiger charge is -1.99. The van der Waals surface area contributed by atoms with Gasteiger partial charge in [-0.3, -0.25) is 14.8 Å². The molecule has 0 aliphatic heterocycles. The van der Waals surface area contributed by atoms with E-state index in [4.69, 9.17) is 4.52 Å². The Morgan fingerprint density at radius 2 is 2.00 bits per heavy atom. The summed E-state index contributed by atoms with van der Waals surface area (Å²) in [7, 11) is 0. The van der Waals surface area contributed by atoms with Crippen molar-refractivity contribution in [1.29, 1.82) is 0 Å². The first kappa shape index (κ1) is 14.9. The van der Waals surface area contributed by atoms with Gasteiger partial charge in [0.1, 0.15) is 17.9 Å².